The van der Waals surface area contributed by atoms with E-state index in [2.05, 4.69) is 16.8 Å². The number of nitrogens with two attached hydrogens (primary N) is 3. The standard InChI is InChI=1S/C21H29ClN6OS/c1-12-6-7-21(17(12)24)8-10-28(11-9-21)20-26-18(25)16(19(29)27(20)2)30-14-5-3-4-13(23)15(14)22/h3-5,12,17H,6-11,23-25H2,1-2H3/t12-,17-/m1/s1. The molecule has 1 aromatic heterocycles. The summed E-state index contributed by atoms with van der Waals surface area (Å²) in [7, 11) is 1.74. The highest BCUT2D eigenvalue weighted by atomic mass is 35.5. The van der Waals surface area contributed by atoms with Crippen molar-refractivity contribution in [2.45, 2.75) is 48.4 Å². The molecule has 0 amide bonds. The molecule has 2 fully saturated rings. The Balaban J connectivity index is 1.58. The van der Waals surface area contributed by atoms with Crippen molar-refractivity contribution in [3.8, 4) is 0 Å². The van der Waals surface area contributed by atoms with Crippen molar-refractivity contribution in [2.75, 3.05) is 29.5 Å². The summed E-state index contributed by atoms with van der Waals surface area (Å²) in [6.45, 7) is 3.90. The van der Waals surface area contributed by atoms with Gasteiger partial charge in [-0.25, -0.2) is 0 Å². The molecule has 1 spiro atoms. The van der Waals surface area contributed by atoms with Crippen LogP contribution in [0.2, 0.25) is 5.02 Å². The lowest BCUT2D eigenvalue weighted by atomic mass is 9.73. The lowest BCUT2D eigenvalue weighted by Crippen LogP contribution is -2.49. The van der Waals surface area contributed by atoms with E-state index >= 15 is 0 Å². The summed E-state index contributed by atoms with van der Waals surface area (Å²) >= 11 is 7.49. The molecule has 0 radical (unpaired) electrons. The van der Waals surface area contributed by atoms with E-state index < -0.39 is 0 Å². The van der Waals surface area contributed by atoms with Gasteiger partial charge in [0.1, 0.15) is 10.7 Å². The molecule has 6 N–H and O–H groups in total. The van der Waals surface area contributed by atoms with Crippen molar-refractivity contribution >= 4 is 40.8 Å². The van der Waals surface area contributed by atoms with Crippen molar-refractivity contribution in [3.05, 3.63) is 33.6 Å². The topological polar surface area (TPSA) is 116 Å². The van der Waals surface area contributed by atoms with Gasteiger partial charge >= 0.3 is 0 Å². The second kappa shape index (κ2) is 7.98. The number of benzene rings is 1. The number of nitrogens with zero attached hydrogens (tertiary/aromatic N) is 3. The summed E-state index contributed by atoms with van der Waals surface area (Å²) in [5.74, 6) is 1.39. The lowest BCUT2D eigenvalue weighted by Gasteiger charge is -2.43. The summed E-state index contributed by atoms with van der Waals surface area (Å²) in [6, 6.07) is 5.58. The Hall–Kier alpha value is -1.90. The number of aromatic nitrogens is 2. The molecule has 1 aromatic carbocycles. The lowest BCUT2D eigenvalue weighted by molar-refractivity contribution is 0.185. The zero-order valence-electron chi connectivity index (χ0n) is 17.4. The van der Waals surface area contributed by atoms with Crippen LogP contribution in [0.4, 0.5) is 17.5 Å². The van der Waals surface area contributed by atoms with Gasteiger partial charge in [0.15, 0.2) is 0 Å². The smallest absolute Gasteiger partial charge is 0.270 e. The van der Waals surface area contributed by atoms with Gasteiger partial charge in [0.25, 0.3) is 5.56 Å². The first kappa shape index (κ1) is 21.3. The molecule has 2 aromatic rings. The second-order valence-electron chi connectivity index (χ2n) is 8.64. The third-order valence-corrected chi connectivity index (χ3v) is 8.60. The van der Waals surface area contributed by atoms with E-state index in [0.29, 0.717) is 32.4 Å². The molecule has 30 heavy (non-hydrogen) atoms. The molecule has 1 aliphatic heterocycles. The van der Waals surface area contributed by atoms with Gasteiger partial charge in [-0.15, -0.1) is 0 Å². The molecular formula is C21H29ClN6OS. The number of piperidine rings is 1. The van der Waals surface area contributed by atoms with Crippen LogP contribution in [0, 0.1) is 11.3 Å². The van der Waals surface area contributed by atoms with Crippen LogP contribution < -0.4 is 27.7 Å². The van der Waals surface area contributed by atoms with Gasteiger partial charge in [0.05, 0.1) is 10.7 Å². The van der Waals surface area contributed by atoms with Crippen molar-refractivity contribution in [1.82, 2.24) is 9.55 Å². The van der Waals surface area contributed by atoms with E-state index in [9.17, 15) is 4.79 Å². The van der Waals surface area contributed by atoms with E-state index in [1.54, 1.807) is 23.7 Å². The quantitative estimate of drug-likeness (QED) is 0.617. The van der Waals surface area contributed by atoms with Crippen molar-refractivity contribution in [2.24, 2.45) is 24.1 Å². The third-order valence-electron chi connectivity index (χ3n) is 6.92. The maximum atomic E-state index is 13.1. The van der Waals surface area contributed by atoms with Gasteiger partial charge in [-0.1, -0.05) is 36.4 Å². The van der Waals surface area contributed by atoms with Crippen LogP contribution in [0.15, 0.2) is 32.8 Å². The fraction of sp³-hybridized carbons (Fsp3) is 0.524. The molecule has 9 heteroatoms. The van der Waals surface area contributed by atoms with Gasteiger partial charge in [-0.05, 0) is 49.1 Å². The zero-order valence-corrected chi connectivity index (χ0v) is 19.0. The normalized spacial score (nSPS) is 23.3. The number of rotatable bonds is 3. The van der Waals surface area contributed by atoms with E-state index in [4.69, 9.17) is 28.8 Å². The average Bonchev–Trinajstić information content (AvgIpc) is 3.00. The predicted octanol–water partition coefficient (Wildman–Crippen LogP) is 3.09. The summed E-state index contributed by atoms with van der Waals surface area (Å²) < 4.78 is 1.58. The van der Waals surface area contributed by atoms with Crippen LogP contribution in [0.3, 0.4) is 0 Å². The first-order valence-corrected chi connectivity index (χ1v) is 11.5. The highest BCUT2D eigenvalue weighted by Gasteiger charge is 2.46. The number of halogens is 1. The van der Waals surface area contributed by atoms with E-state index in [1.807, 2.05) is 6.07 Å². The fourth-order valence-electron chi connectivity index (χ4n) is 4.88. The Kier molecular flexibility index (Phi) is 5.67. The van der Waals surface area contributed by atoms with E-state index in [-0.39, 0.29) is 22.8 Å². The molecule has 0 unspecified atom stereocenters. The van der Waals surface area contributed by atoms with Crippen LogP contribution in [0.25, 0.3) is 0 Å². The van der Waals surface area contributed by atoms with Crippen LogP contribution in [-0.4, -0.2) is 28.7 Å². The van der Waals surface area contributed by atoms with Gasteiger partial charge in [-0.2, -0.15) is 4.98 Å². The fourth-order valence-corrected chi connectivity index (χ4v) is 6.07. The SMILES string of the molecule is C[C@@H]1CCC2(CCN(c3nc(N)c(Sc4cccc(N)c4Cl)c(=O)n3C)CC2)[C@@H]1N. The highest BCUT2D eigenvalue weighted by molar-refractivity contribution is 7.99. The zero-order chi connectivity index (χ0) is 21.6. The van der Waals surface area contributed by atoms with Gasteiger partial charge in [0, 0.05) is 31.1 Å². The van der Waals surface area contributed by atoms with Crippen LogP contribution in [0.5, 0.6) is 0 Å². The molecule has 162 valence electrons. The number of hydrogen-bond donors (Lipinski definition) is 3. The Morgan fingerprint density at radius 3 is 2.57 bits per heavy atom. The van der Waals surface area contributed by atoms with Crippen molar-refractivity contribution in [1.29, 1.82) is 0 Å². The first-order valence-electron chi connectivity index (χ1n) is 10.3. The minimum Gasteiger partial charge on any atom is -0.397 e. The van der Waals surface area contributed by atoms with Crippen LogP contribution >= 0.6 is 23.4 Å². The maximum absolute atomic E-state index is 13.1. The molecule has 1 aliphatic carbocycles. The van der Waals surface area contributed by atoms with Gasteiger partial charge in [-0.3, -0.25) is 9.36 Å². The first-order chi connectivity index (χ1) is 14.2. The van der Waals surface area contributed by atoms with E-state index in [0.717, 1.165) is 25.9 Å². The number of anilines is 3. The summed E-state index contributed by atoms with van der Waals surface area (Å²) in [5.41, 5.74) is 19.1. The molecule has 0 bridgehead atoms. The molecule has 7 nitrogen and oxygen atoms in total. The average molecular weight is 449 g/mol. The maximum Gasteiger partial charge on any atom is 0.270 e. The minimum absolute atomic E-state index is 0.188. The Morgan fingerprint density at radius 1 is 1.23 bits per heavy atom. The highest BCUT2D eigenvalue weighted by Crippen LogP contribution is 2.48. The Morgan fingerprint density at radius 2 is 1.93 bits per heavy atom. The Labute approximate surface area is 186 Å². The summed E-state index contributed by atoms with van der Waals surface area (Å²) in [5, 5.41) is 0.413. The third kappa shape index (κ3) is 3.55. The molecule has 2 heterocycles. The van der Waals surface area contributed by atoms with Crippen molar-refractivity contribution in [3.63, 3.8) is 0 Å². The van der Waals surface area contributed by atoms with Gasteiger partial charge < -0.3 is 22.1 Å². The monoisotopic (exact) mass is 448 g/mol. The molecule has 1 saturated carbocycles. The second-order valence-corrected chi connectivity index (χ2v) is 10.1. The predicted molar refractivity (Wildman–Crippen MR) is 124 cm³/mol. The largest absolute Gasteiger partial charge is 0.397 e. The minimum atomic E-state index is -0.188. The number of hydrogen-bond acceptors (Lipinski definition) is 7. The summed E-state index contributed by atoms with van der Waals surface area (Å²) in [4.78, 5) is 20.9. The van der Waals surface area contributed by atoms with Crippen LogP contribution in [-0.2, 0) is 7.05 Å². The molecule has 2 atom stereocenters. The molecule has 1 saturated heterocycles. The van der Waals surface area contributed by atoms with Gasteiger partial charge in [0.2, 0.25) is 5.95 Å². The summed E-state index contributed by atoms with van der Waals surface area (Å²) in [6.07, 6.45) is 4.42. The van der Waals surface area contributed by atoms with E-state index in [1.165, 1.54) is 24.6 Å². The van der Waals surface area contributed by atoms with Crippen LogP contribution in [0.1, 0.15) is 32.6 Å². The van der Waals surface area contributed by atoms with Crippen molar-refractivity contribution < 1.29 is 0 Å². The number of nitrogen functional groups attached to an aromatic ring is 2. The molecular weight excluding hydrogens is 420 g/mol. The molecule has 4 rings (SSSR count). The molecule has 2 aliphatic rings. The Bertz CT molecular complexity index is 1020.